The maximum absolute atomic E-state index is 11.5. The zero-order chi connectivity index (χ0) is 11.5. The zero-order valence-electron chi connectivity index (χ0n) is 9.00. The van der Waals surface area contributed by atoms with Crippen molar-refractivity contribution in [1.82, 2.24) is 19.6 Å². The highest BCUT2D eigenvalue weighted by Crippen LogP contribution is 1.95. The van der Waals surface area contributed by atoms with Crippen molar-refractivity contribution in [2.75, 3.05) is 5.73 Å². The highest BCUT2D eigenvalue weighted by atomic mass is 16.1. The van der Waals surface area contributed by atoms with E-state index in [-0.39, 0.29) is 5.56 Å². The van der Waals surface area contributed by atoms with Crippen LogP contribution in [-0.2, 0) is 13.1 Å². The second-order valence-corrected chi connectivity index (χ2v) is 3.60. The normalized spacial score (nSPS) is 10.6. The molecule has 16 heavy (non-hydrogen) atoms. The van der Waals surface area contributed by atoms with Gasteiger partial charge in [0.15, 0.2) is 0 Å². The van der Waals surface area contributed by atoms with Crippen LogP contribution in [0.2, 0.25) is 0 Å². The molecule has 2 aromatic rings. The molecule has 0 aromatic carbocycles. The summed E-state index contributed by atoms with van der Waals surface area (Å²) in [6.07, 6.45) is 3.44. The van der Waals surface area contributed by atoms with Crippen LogP contribution in [0.3, 0.4) is 0 Å². The lowest BCUT2D eigenvalue weighted by atomic mass is 10.3. The number of hydrogen-bond donors (Lipinski definition) is 1. The Hall–Kier alpha value is -2.11. The quantitative estimate of drug-likeness (QED) is 0.790. The van der Waals surface area contributed by atoms with Gasteiger partial charge in [0, 0.05) is 12.3 Å². The molecule has 6 nitrogen and oxygen atoms in total. The Kier molecular flexibility index (Phi) is 2.72. The van der Waals surface area contributed by atoms with Crippen LogP contribution >= 0.6 is 0 Å². The SMILES string of the molecule is Cc1cnn(CCn2ccc(N)n2)c(=O)c1. The van der Waals surface area contributed by atoms with E-state index >= 15 is 0 Å². The number of nitrogens with two attached hydrogens (primary N) is 1. The first-order chi connectivity index (χ1) is 7.65. The van der Waals surface area contributed by atoms with E-state index in [1.807, 2.05) is 6.92 Å². The number of rotatable bonds is 3. The molecule has 2 heterocycles. The lowest BCUT2D eigenvalue weighted by molar-refractivity contribution is 0.482. The molecule has 0 saturated heterocycles. The van der Waals surface area contributed by atoms with E-state index < -0.39 is 0 Å². The molecule has 0 fully saturated rings. The molecule has 0 radical (unpaired) electrons. The fourth-order valence-electron chi connectivity index (χ4n) is 1.39. The topological polar surface area (TPSA) is 78.7 Å². The summed E-state index contributed by atoms with van der Waals surface area (Å²) >= 11 is 0. The number of hydrogen-bond acceptors (Lipinski definition) is 4. The molecule has 0 aliphatic rings. The first-order valence-electron chi connectivity index (χ1n) is 4.98. The number of nitrogens with zero attached hydrogens (tertiary/aromatic N) is 4. The minimum atomic E-state index is -0.0971. The van der Waals surface area contributed by atoms with Crippen LogP contribution in [-0.4, -0.2) is 19.6 Å². The fourth-order valence-corrected chi connectivity index (χ4v) is 1.39. The second-order valence-electron chi connectivity index (χ2n) is 3.60. The number of aromatic nitrogens is 4. The lowest BCUT2D eigenvalue weighted by Gasteiger charge is -2.04. The molecule has 2 aromatic heterocycles. The summed E-state index contributed by atoms with van der Waals surface area (Å²) in [5.41, 5.74) is 6.25. The molecule has 0 saturated carbocycles. The van der Waals surface area contributed by atoms with Gasteiger partial charge in [0.05, 0.1) is 19.3 Å². The van der Waals surface area contributed by atoms with Crippen molar-refractivity contribution in [3.8, 4) is 0 Å². The van der Waals surface area contributed by atoms with Gasteiger partial charge in [-0.1, -0.05) is 0 Å². The van der Waals surface area contributed by atoms with E-state index in [0.717, 1.165) is 5.56 Å². The molecule has 2 rings (SSSR count). The summed E-state index contributed by atoms with van der Waals surface area (Å²) in [6.45, 7) is 2.90. The van der Waals surface area contributed by atoms with Gasteiger partial charge in [-0.15, -0.1) is 0 Å². The van der Waals surface area contributed by atoms with Gasteiger partial charge in [-0.05, 0) is 18.6 Å². The van der Waals surface area contributed by atoms with Crippen molar-refractivity contribution in [2.45, 2.75) is 20.0 Å². The average Bonchev–Trinajstić information content (AvgIpc) is 2.63. The van der Waals surface area contributed by atoms with Crippen LogP contribution in [0.15, 0.2) is 29.3 Å². The predicted octanol–water partition coefficient (Wildman–Crippen LogP) is 0.0306. The fraction of sp³-hybridized carbons (Fsp3) is 0.300. The molecule has 0 aliphatic carbocycles. The van der Waals surface area contributed by atoms with Crippen LogP contribution in [0.1, 0.15) is 5.56 Å². The Morgan fingerprint density at radius 1 is 1.44 bits per heavy atom. The highest BCUT2D eigenvalue weighted by molar-refractivity contribution is 5.23. The van der Waals surface area contributed by atoms with E-state index in [2.05, 4.69) is 10.2 Å². The number of anilines is 1. The smallest absolute Gasteiger partial charge is 0.267 e. The summed E-state index contributed by atoms with van der Waals surface area (Å²) in [5, 5.41) is 8.06. The van der Waals surface area contributed by atoms with Crippen LogP contribution in [0, 0.1) is 6.92 Å². The minimum Gasteiger partial charge on any atom is -0.382 e. The molecule has 0 bridgehead atoms. The zero-order valence-corrected chi connectivity index (χ0v) is 9.00. The maximum atomic E-state index is 11.5. The molecule has 2 N–H and O–H groups in total. The summed E-state index contributed by atoms with van der Waals surface area (Å²) in [4.78, 5) is 11.5. The van der Waals surface area contributed by atoms with Crippen molar-refractivity contribution in [2.24, 2.45) is 0 Å². The average molecular weight is 219 g/mol. The van der Waals surface area contributed by atoms with E-state index in [9.17, 15) is 4.79 Å². The Morgan fingerprint density at radius 2 is 2.25 bits per heavy atom. The van der Waals surface area contributed by atoms with E-state index in [4.69, 9.17) is 5.73 Å². The summed E-state index contributed by atoms with van der Waals surface area (Å²) < 4.78 is 3.09. The third kappa shape index (κ3) is 2.28. The van der Waals surface area contributed by atoms with Crippen molar-refractivity contribution in [3.05, 3.63) is 40.4 Å². The van der Waals surface area contributed by atoms with Gasteiger partial charge in [-0.2, -0.15) is 10.2 Å². The molecule has 6 heteroatoms. The van der Waals surface area contributed by atoms with Gasteiger partial charge in [0.1, 0.15) is 5.82 Å². The second kappa shape index (κ2) is 4.18. The maximum Gasteiger partial charge on any atom is 0.267 e. The van der Waals surface area contributed by atoms with Gasteiger partial charge in [0.25, 0.3) is 5.56 Å². The largest absolute Gasteiger partial charge is 0.382 e. The van der Waals surface area contributed by atoms with Crippen LogP contribution in [0.4, 0.5) is 5.82 Å². The van der Waals surface area contributed by atoms with Crippen molar-refractivity contribution >= 4 is 5.82 Å². The van der Waals surface area contributed by atoms with Gasteiger partial charge in [0.2, 0.25) is 0 Å². The Labute approximate surface area is 92.3 Å². The standard InChI is InChI=1S/C10H13N5O/c1-8-6-10(16)15(12-7-8)5-4-14-3-2-9(11)13-14/h2-3,6-7H,4-5H2,1H3,(H2,11,13). The minimum absolute atomic E-state index is 0.0971. The van der Waals surface area contributed by atoms with Crippen LogP contribution in [0.5, 0.6) is 0 Å². The Bertz CT molecular complexity index is 542. The van der Waals surface area contributed by atoms with E-state index in [1.54, 1.807) is 29.2 Å². The molecule has 0 unspecified atom stereocenters. The van der Waals surface area contributed by atoms with E-state index in [0.29, 0.717) is 18.9 Å². The molecule has 84 valence electrons. The van der Waals surface area contributed by atoms with E-state index in [1.165, 1.54) is 4.68 Å². The summed E-state index contributed by atoms with van der Waals surface area (Å²) in [7, 11) is 0. The monoisotopic (exact) mass is 219 g/mol. The molecule has 0 aliphatic heterocycles. The predicted molar refractivity (Wildman–Crippen MR) is 59.9 cm³/mol. The first-order valence-corrected chi connectivity index (χ1v) is 4.98. The molecule has 0 atom stereocenters. The van der Waals surface area contributed by atoms with Gasteiger partial charge >= 0.3 is 0 Å². The van der Waals surface area contributed by atoms with Crippen LogP contribution < -0.4 is 11.3 Å². The van der Waals surface area contributed by atoms with Crippen molar-refractivity contribution in [3.63, 3.8) is 0 Å². The summed E-state index contributed by atoms with van der Waals surface area (Å²) in [6, 6.07) is 3.27. The molecular formula is C10H13N5O. The molecule has 0 spiro atoms. The first kappa shape index (κ1) is 10.4. The van der Waals surface area contributed by atoms with Crippen molar-refractivity contribution < 1.29 is 0 Å². The summed E-state index contributed by atoms with van der Waals surface area (Å²) in [5.74, 6) is 0.476. The van der Waals surface area contributed by atoms with Crippen molar-refractivity contribution in [1.29, 1.82) is 0 Å². The Balaban J connectivity index is 2.07. The Morgan fingerprint density at radius 3 is 2.88 bits per heavy atom. The van der Waals surface area contributed by atoms with Gasteiger partial charge in [-0.3, -0.25) is 9.48 Å². The molecule has 0 amide bonds. The lowest BCUT2D eigenvalue weighted by Crippen LogP contribution is -2.24. The van der Waals surface area contributed by atoms with Gasteiger partial charge < -0.3 is 5.73 Å². The molecular weight excluding hydrogens is 206 g/mol. The number of nitrogen functional groups attached to an aromatic ring is 1. The highest BCUT2D eigenvalue weighted by Gasteiger charge is 1.99. The third-order valence-corrected chi connectivity index (χ3v) is 2.21. The van der Waals surface area contributed by atoms with Gasteiger partial charge in [-0.25, -0.2) is 4.68 Å². The third-order valence-electron chi connectivity index (χ3n) is 2.21. The van der Waals surface area contributed by atoms with Crippen LogP contribution in [0.25, 0.3) is 0 Å². The number of aryl methyl sites for hydroxylation is 3.